The highest BCUT2D eigenvalue weighted by atomic mass is 35.5. The Balaban J connectivity index is 2.40. The number of halogens is 2. The maximum Gasteiger partial charge on any atom is 0.343 e. The molecule has 1 heterocycles. The van der Waals surface area contributed by atoms with Crippen LogP contribution in [0.25, 0.3) is 11.3 Å². The SMILES string of the molecule is CCCCCCc1onc(-c2c(F)cccc2Cl)c1C(=O)OC. The van der Waals surface area contributed by atoms with E-state index in [0.29, 0.717) is 12.2 Å². The Morgan fingerprint density at radius 2 is 2.13 bits per heavy atom. The molecular formula is C17H19ClFNO3. The number of ether oxygens (including phenoxy) is 1. The van der Waals surface area contributed by atoms with Gasteiger partial charge in [-0.25, -0.2) is 9.18 Å². The van der Waals surface area contributed by atoms with Crippen LogP contribution in [0.15, 0.2) is 22.7 Å². The Morgan fingerprint density at radius 1 is 1.35 bits per heavy atom. The lowest BCUT2D eigenvalue weighted by molar-refractivity contribution is 0.0599. The van der Waals surface area contributed by atoms with Crippen LogP contribution in [0.2, 0.25) is 5.02 Å². The first kappa shape index (κ1) is 17.5. The van der Waals surface area contributed by atoms with Crippen molar-refractivity contribution in [3.8, 4) is 11.3 Å². The lowest BCUT2D eigenvalue weighted by Gasteiger charge is -2.05. The van der Waals surface area contributed by atoms with Crippen LogP contribution in [0, 0.1) is 5.82 Å². The molecule has 23 heavy (non-hydrogen) atoms. The Kier molecular flexibility index (Phi) is 6.16. The maximum atomic E-state index is 14.1. The lowest BCUT2D eigenvalue weighted by Crippen LogP contribution is -2.06. The van der Waals surface area contributed by atoms with E-state index in [-0.39, 0.29) is 21.8 Å². The normalized spacial score (nSPS) is 10.8. The van der Waals surface area contributed by atoms with Crippen molar-refractivity contribution in [1.29, 1.82) is 0 Å². The standard InChI is InChI=1S/C17H19ClFNO3/c1-3-4-5-6-10-13-15(17(21)22-2)16(20-23-13)14-11(18)8-7-9-12(14)19/h7-9H,3-6,10H2,1-2H3. The highest BCUT2D eigenvalue weighted by Crippen LogP contribution is 2.34. The third-order valence-corrected chi connectivity index (χ3v) is 3.92. The van der Waals surface area contributed by atoms with Gasteiger partial charge in [-0.3, -0.25) is 0 Å². The summed E-state index contributed by atoms with van der Waals surface area (Å²) < 4.78 is 24.2. The van der Waals surface area contributed by atoms with Crippen LogP contribution in [0.5, 0.6) is 0 Å². The van der Waals surface area contributed by atoms with E-state index in [1.807, 2.05) is 0 Å². The smallest absolute Gasteiger partial charge is 0.343 e. The summed E-state index contributed by atoms with van der Waals surface area (Å²) in [5, 5.41) is 4.04. The number of esters is 1. The van der Waals surface area contributed by atoms with Crippen LogP contribution in [-0.2, 0) is 11.2 Å². The molecule has 0 aliphatic heterocycles. The minimum absolute atomic E-state index is 0.0538. The number of aryl methyl sites for hydroxylation is 1. The number of methoxy groups -OCH3 is 1. The predicted octanol–water partition coefficient (Wildman–Crippen LogP) is 5.04. The molecule has 0 bridgehead atoms. The van der Waals surface area contributed by atoms with Crippen LogP contribution in [0.1, 0.15) is 48.7 Å². The number of nitrogens with zero attached hydrogens (tertiary/aromatic N) is 1. The molecular weight excluding hydrogens is 321 g/mol. The summed E-state index contributed by atoms with van der Waals surface area (Å²) in [6.07, 6.45) is 4.64. The van der Waals surface area contributed by atoms with E-state index in [4.69, 9.17) is 20.9 Å². The molecule has 4 nitrogen and oxygen atoms in total. The molecule has 2 aromatic rings. The zero-order chi connectivity index (χ0) is 16.8. The number of aromatic nitrogens is 1. The minimum atomic E-state index is -0.605. The molecule has 0 atom stereocenters. The Hall–Kier alpha value is -1.88. The van der Waals surface area contributed by atoms with Crippen molar-refractivity contribution in [2.75, 3.05) is 7.11 Å². The number of benzene rings is 1. The van der Waals surface area contributed by atoms with Crippen molar-refractivity contribution < 1.29 is 18.4 Å². The van der Waals surface area contributed by atoms with Gasteiger partial charge in [0.25, 0.3) is 0 Å². The summed E-state index contributed by atoms with van der Waals surface area (Å²) in [5.41, 5.74) is 0.291. The molecule has 0 saturated heterocycles. The van der Waals surface area contributed by atoms with Crippen molar-refractivity contribution in [2.45, 2.75) is 39.0 Å². The maximum absolute atomic E-state index is 14.1. The van der Waals surface area contributed by atoms with Crippen molar-refractivity contribution in [3.63, 3.8) is 0 Å². The largest absolute Gasteiger partial charge is 0.465 e. The zero-order valence-electron chi connectivity index (χ0n) is 13.2. The molecule has 0 N–H and O–H groups in total. The monoisotopic (exact) mass is 339 g/mol. The molecule has 0 saturated carbocycles. The second-order valence-electron chi connectivity index (χ2n) is 5.23. The molecule has 0 fully saturated rings. The number of rotatable bonds is 7. The molecule has 0 unspecified atom stereocenters. The molecule has 0 spiro atoms. The van der Waals surface area contributed by atoms with Gasteiger partial charge in [-0.1, -0.05) is 49.0 Å². The molecule has 124 valence electrons. The van der Waals surface area contributed by atoms with Gasteiger partial charge >= 0.3 is 5.97 Å². The average Bonchev–Trinajstić information content (AvgIpc) is 2.94. The van der Waals surface area contributed by atoms with E-state index in [9.17, 15) is 9.18 Å². The summed E-state index contributed by atoms with van der Waals surface area (Å²) in [6.45, 7) is 2.12. The quantitative estimate of drug-likeness (QED) is 0.523. The predicted molar refractivity (Wildman–Crippen MR) is 86.1 cm³/mol. The Morgan fingerprint density at radius 3 is 2.78 bits per heavy atom. The van der Waals surface area contributed by atoms with Gasteiger partial charge in [0.05, 0.1) is 17.7 Å². The molecule has 1 aromatic carbocycles. The fourth-order valence-electron chi connectivity index (χ4n) is 2.41. The van der Waals surface area contributed by atoms with Crippen LogP contribution in [0.4, 0.5) is 4.39 Å². The first-order valence-electron chi connectivity index (χ1n) is 7.61. The number of carbonyl (C=O) groups excluding carboxylic acids is 1. The van der Waals surface area contributed by atoms with E-state index in [0.717, 1.165) is 25.7 Å². The fourth-order valence-corrected chi connectivity index (χ4v) is 2.67. The van der Waals surface area contributed by atoms with Gasteiger partial charge in [0.2, 0.25) is 0 Å². The number of carbonyl (C=O) groups is 1. The highest BCUT2D eigenvalue weighted by Gasteiger charge is 2.27. The summed E-state index contributed by atoms with van der Waals surface area (Å²) >= 11 is 6.06. The van der Waals surface area contributed by atoms with Gasteiger partial charge < -0.3 is 9.26 Å². The second kappa shape index (κ2) is 8.11. The van der Waals surface area contributed by atoms with Crippen LogP contribution < -0.4 is 0 Å². The molecule has 0 aliphatic carbocycles. The second-order valence-corrected chi connectivity index (χ2v) is 5.64. The fraction of sp³-hybridized carbons (Fsp3) is 0.412. The van der Waals surface area contributed by atoms with Gasteiger partial charge in [0, 0.05) is 6.42 Å². The van der Waals surface area contributed by atoms with E-state index in [1.54, 1.807) is 0 Å². The summed E-state index contributed by atoms with van der Waals surface area (Å²) in [4.78, 5) is 12.1. The topological polar surface area (TPSA) is 52.3 Å². The molecule has 0 radical (unpaired) electrons. The van der Waals surface area contributed by atoms with E-state index < -0.39 is 11.8 Å². The number of hydrogen-bond acceptors (Lipinski definition) is 4. The highest BCUT2D eigenvalue weighted by molar-refractivity contribution is 6.33. The molecule has 6 heteroatoms. The lowest BCUT2D eigenvalue weighted by atomic mass is 10.0. The Labute approximate surface area is 139 Å². The van der Waals surface area contributed by atoms with E-state index in [2.05, 4.69) is 12.1 Å². The molecule has 2 rings (SSSR count). The van der Waals surface area contributed by atoms with E-state index >= 15 is 0 Å². The van der Waals surface area contributed by atoms with Gasteiger partial charge in [0.1, 0.15) is 17.1 Å². The van der Waals surface area contributed by atoms with Crippen LogP contribution in [-0.4, -0.2) is 18.2 Å². The minimum Gasteiger partial charge on any atom is -0.465 e. The number of hydrogen-bond donors (Lipinski definition) is 0. The van der Waals surface area contributed by atoms with Crippen molar-refractivity contribution >= 4 is 17.6 Å². The molecule has 0 amide bonds. The first-order chi connectivity index (χ1) is 11.1. The third-order valence-electron chi connectivity index (χ3n) is 3.61. The van der Waals surface area contributed by atoms with E-state index in [1.165, 1.54) is 25.3 Å². The molecule has 0 aliphatic rings. The first-order valence-corrected chi connectivity index (χ1v) is 7.99. The summed E-state index contributed by atoms with van der Waals surface area (Å²) in [7, 11) is 1.27. The average molecular weight is 340 g/mol. The Bertz CT molecular complexity index is 664. The summed E-state index contributed by atoms with van der Waals surface area (Å²) in [5.74, 6) is -0.762. The zero-order valence-corrected chi connectivity index (χ0v) is 14.0. The van der Waals surface area contributed by atoms with Gasteiger partial charge in [-0.05, 0) is 18.6 Å². The third kappa shape index (κ3) is 3.91. The molecule has 1 aromatic heterocycles. The van der Waals surface area contributed by atoms with Crippen molar-refractivity contribution in [1.82, 2.24) is 5.16 Å². The van der Waals surface area contributed by atoms with Crippen molar-refractivity contribution in [2.24, 2.45) is 0 Å². The van der Waals surface area contributed by atoms with Gasteiger partial charge in [0.15, 0.2) is 5.76 Å². The van der Waals surface area contributed by atoms with Gasteiger partial charge in [-0.15, -0.1) is 0 Å². The van der Waals surface area contributed by atoms with Crippen LogP contribution >= 0.6 is 11.6 Å². The summed E-state index contributed by atoms with van der Waals surface area (Å²) in [6, 6.07) is 4.29. The number of unbranched alkanes of at least 4 members (excludes halogenated alkanes) is 3. The van der Waals surface area contributed by atoms with Crippen molar-refractivity contribution in [3.05, 3.63) is 40.4 Å². The van der Waals surface area contributed by atoms with Crippen LogP contribution in [0.3, 0.4) is 0 Å². The van der Waals surface area contributed by atoms with Gasteiger partial charge in [-0.2, -0.15) is 0 Å².